The third-order valence-corrected chi connectivity index (χ3v) is 3.68. The van der Waals surface area contributed by atoms with Crippen molar-refractivity contribution < 1.29 is 31.5 Å². The third-order valence-electron chi connectivity index (χ3n) is 2.76. The van der Waals surface area contributed by atoms with E-state index in [9.17, 15) is 26.4 Å². The number of carbonyl (C=O) groups is 1. The second-order valence-electron chi connectivity index (χ2n) is 4.59. The van der Waals surface area contributed by atoms with Gasteiger partial charge in [0.25, 0.3) is 0 Å². The Balaban J connectivity index is 3.19. The Labute approximate surface area is 119 Å². The molecule has 0 aliphatic carbocycles. The highest BCUT2D eigenvalue weighted by atomic mass is 32.2. The molecule has 0 aliphatic rings. The van der Waals surface area contributed by atoms with Crippen LogP contribution in [0.3, 0.4) is 0 Å². The molecule has 0 unspecified atom stereocenters. The predicted octanol–water partition coefficient (Wildman–Crippen LogP) is 1.88. The number of benzene rings is 1. The number of sulfone groups is 1. The van der Waals surface area contributed by atoms with Gasteiger partial charge in [-0.25, -0.2) is 13.2 Å². The van der Waals surface area contributed by atoms with Crippen LogP contribution in [0.1, 0.15) is 15.9 Å². The van der Waals surface area contributed by atoms with E-state index in [1.165, 1.54) is 7.05 Å². The lowest BCUT2D eigenvalue weighted by atomic mass is 10.1. The minimum atomic E-state index is -4.74. The van der Waals surface area contributed by atoms with Gasteiger partial charge in [-0.2, -0.15) is 13.2 Å². The van der Waals surface area contributed by atoms with Crippen molar-refractivity contribution in [2.24, 2.45) is 0 Å². The Morgan fingerprint density at radius 1 is 1.33 bits per heavy atom. The number of carboxylic acids is 1. The molecule has 0 aromatic heterocycles. The van der Waals surface area contributed by atoms with Crippen molar-refractivity contribution in [1.82, 2.24) is 0 Å². The second kappa shape index (κ2) is 5.92. The molecule has 1 rings (SSSR count). The Morgan fingerprint density at radius 3 is 2.33 bits per heavy atom. The monoisotopic (exact) mass is 325 g/mol. The molecule has 0 saturated carbocycles. The molecule has 0 spiro atoms. The van der Waals surface area contributed by atoms with Crippen LogP contribution in [0.15, 0.2) is 18.2 Å². The van der Waals surface area contributed by atoms with Crippen LogP contribution in [0, 0.1) is 0 Å². The molecular weight excluding hydrogens is 311 g/mol. The van der Waals surface area contributed by atoms with Crippen LogP contribution < -0.4 is 4.90 Å². The van der Waals surface area contributed by atoms with Crippen LogP contribution in [0.4, 0.5) is 18.9 Å². The number of rotatable bonds is 5. The molecule has 118 valence electrons. The summed E-state index contributed by atoms with van der Waals surface area (Å²) in [5.74, 6) is -1.77. The Hall–Kier alpha value is -1.77. The first kappa shape index (κ1) is 17.3. The predicted molar refractivity (Wildman–Crippen MR) is 71.4 cm³/mol. The molecule has 0 amide bonds. The van der Waals surface area contributed by atoms with Crippen molar-refractivity contribution in [3.8, 4) is 0 Å². The lowest BCUT2D eigenvalue weighted by Crippen LogP contribution is -2.27. The van der Waals surface area contributed by atoms with E-state index in [2.05, 4.69) is 0 Å². The number of carboxylic acid groups (broad SMARTS) is 1. The van der Waals surface area contributed by atoms with E-state index in [1.54, 1.807) is 0 Å². The molecule has 1 aromatic rings. The van der Waals surface area contributed by atoms with Gasteiger partial charge in [-0.15, -0.1) is 0 Å². The minimum absolute atomic E-state index is 0.131. The van der Waals surface area contributed by atoms with Crippen molar-refractivity contribution in [1.29, 1.82) is 0 Å². The zero-order chi connectivity index (χ0) is 16.4. The summed E-state index contributed by atoms with van der Waals surface area (Å²) in [7, 11) is -2.00. The maximum atomic E-state index is 13.0. The Morgan fingerprint density at radius 2 is 1.90 bits per heavy atom. The van der Waals surface area contributed by atoms with Crippen molar-refractivity contribution >= 4 is 21.5 Å². The van der Waals surface area contributed by atoms with Gasteiger partial charge in [0.1, 0.15) is 9.84 Å². The van der Waals surface area contributed by atoms with Crippen molar-refractivity contribution in [2.45, 2.75) is 6.18 Å². The van der Waals surface area contributed by atoms with Crippen molar-refractivity contribution in [2.75, 3.05) is 30.5 Å². The Kier molecular flexibility index (Phi) is 4.87. The van der Waals surface area contributed by atoms with E-state index in [0.29, 0.717) is 6.07 Å². The highest BCUT2D eigenvalue weighted by Crippen LogP contribution is 2.36. The summed E-state index contributed by atoms with van der Waals surface area (Å²) in [6.45, 7) is -0.131. The average Bonchev–Trinajstić information content (AvgIpc) is 2.33. The van der Waals surface area contributed by atoms with Gasteiger partial charge in [0.15, 0.2) is 0 Å². The zero-order valence-electron chi connectivity index (χ0n) is 11.3. The zero-order valence-corrected chi connectivity index (χ0v) is 12.1. The first-order valence-corrected chi connectivity index (χ1v) is 7.81. The summed E-state index contributed by atoms with van der Waals surface area (Å²) >= 11 is 0. The van der Waals surface area contributed by atoms with E-state index in [4.69, 9.17) is 5.11 Å². The van der Waals surface area contributed by atoms with Crippen LogP contribution in [0.25, 0.3) is 0 Å². The number of aromatic carboxylic acids is 1. The summed E-state index contributed by atoms with van der Waals surface area (Å²) in [5.41, 5.74) is -1.86. The lowest BCUT2D eigenvalue weighted by Gasteiger charge is -2.23. The second-order valence-corrected chi connectivity index (χ2v) is 6.85. The van der Waals surface area contributed by atoms with Gasteiger partial charge >= 0.3 is 12.1 Å². The molecule has 0 atom stereocenters. The summed E-state index contributed by atoms with van der Waals surface area (Å²) in [6, 6.07) is 2.60. The molecule has 1 N–H and O–H groups in total. The SMILES string of the molecule is CN(CCS(C)(=O)=O)c1ccc(C(=O)O)cc1C(F)(F)F. The molecule has 0 heterocycles. The van der Waals surface area contributed by atoms with E-state index >= 15 is 0 Å². The van der Waals surface area contributed by atoms with Gasteiger partial charge < -0.3 is 10.0 Å². The molecule has 1 aromatic carbocycles. The highest BCUT2D eigenvalue weighted by Gasteiger charge is 2.35. The quantitative estimate of drug-likeness (QED) is 0.895. The third kappa shape index (κ3) is 4.92. The van der Waals surface area contributed by atoms with Gasteiger partial charge in [-0.1, -0.05) is 0 Å². The average molecular weight is 325 g/mol. The van der Waals surface area contributed by atoms with E-state index in [0.717, 1.165) is 23.3 Å². The summed E-state index contributed by atoms with van der Waals surface area (Å²) in [4.78, 5) is 11.9. The summed E-state index contributed by atoms with van der Waals surface area (Å²) in [5, 5.41) is 8.75. The largest absolute Gasteiger partial charge is 0.478 e. The fourth-order valence-corrected chi connectivity index (χ4v) is 2.26. The summed E-state index contributed by atoms with van der Waals surface area (Å²) in [6.07, 6.45) is -3.75. The van der Waals surface area contributed by atoms with Gasteiger partial charge in [-0.05, 0) is 18.2 Å². The smallest absolute Gasteiger partial charge is 0.418 e. The first-order chi connectivity index (χ1) is 9.42. The Bertz CT molecular complexity index is 640. The molecule has 21 heavy (non-hydrogen) atoms. The van der Waals surface area contributed by atoms with Crippen LogP contribution in [0.2, 0.25) is 0 Å². The molecule has 0 fully saturated rings. The van der Waals surface area contributed by atoms with Gasteiger partial charge in [-0.3, -0.25) is 0 Å². The molecule has 0 radical (unpaired) electrons. The van der Waals surface area contributed by atoms with Crippen LogP contribution in [0.5, 0.6) is 0 Å². The topological polar surface area (TPSA) is 74.7 Å². The van der Waals surface area contributed by atoms with Gasteiger partial charge in [0.05, 0.1) is 16.9 Å². The molecular formula is C12H14F3NO4S. The van der Waals surface area contributed by atoms with Gasteiger partial charge in [0, 0.05) is 25.5 Å². The van der Waals surface area contributed by atoms with E-state index in [-0.39, 0.29) is 18.0 Å². The maximum absolute atomic E-state index is 13.0. The first-order valence-electron chi connectivity index (χ1n) is 5.75. The number of alkyl halides is 3. The maximum Gasteiger partial charge on any atom is 0.418 e. The van der Waals surface area contributed by atoms with Crippen molar-refractivity contribution in [3.63, 3.8) is 0 Å². The standard InChI is InChI=1S/C12H14F3NO4S/c1-16(5-6-21(2,19)20)10-4-3-8(11(17)18)7-9(10)12(13,14)15/h3-4,7H,5-6H2,1-2H3,(H,17,18). The number of nitrogens with zero attached hydrogens (tertiary/aromatic N) is 1. The highest BCUT2D eigenvalue weighted by molar-refractivity contribution is 7.90. The number of halogens is 3. The minimum Gasteiger partial charge on any atom is -0.478 e. The molecule has 0 bridgehead atoms. The van der Waals surface area contributed by atoms with Gasteiger partial charge in [0.2, 0.25) is 0 Å². The summed E-state index contributed by atoms with van der Waals surface area (Å²) < 4.78 is 61.1. The number of anilines is 1. The normalized spacial score (nSPS) is 12.2. The van der Waals surface area contributed by atoms with Crippen LogP contribution in [-0.2, 0) is 16.0 Å². The van der Waals surface area contributed by atoms with E-state index in [1.807, 2.05) is 0 Å². The number of hydrogen-bond acceptors (Lipinski definition) is 4. The lowest BCUT2D eigenvalue weighted by molar-refractivity contribution is -0.137. The fraction of sp³-hybridized carbons (Fsp3) is 0.417. The van der Waals surface area contributed by atoms with E-state index < -0.39 is 33.1 Å². The molecule has 5 nitrogen and oxygen atoms in total. The van der Waals surface area contributed by atoms with Crippen LogP contribution in [-0.4, -0.2) is 45.1 Å². The van der Waals surface area contributed by atoms with Crippen molar-refractivity contribution in [3.05, 3.63) is 29.3 Å². The van der Waals surface area contributed by atoms with Crippen LogP contribution >= 0.6 is 0 Å². The fourth-order valence-electron chi connectivity index (χ4n) is 1.65. The molecule has 0 saturated heterocycles. The molecule has 9 heteroatoms. The molecule has 0 aliphatic heterocycles. The number of hydrogen-bond donors (Lipinski definition) is 1.